The quantitative estimate of drug-likeness (QED) is 0.906. The topological polar surface area (TPSA) is 61.4 Å². The molecule has 1 aliphatic heterocycles. The van der Waals surface area contributed by atoms with Crippen molar-refractivity contribution in [1.29, 1.82) is 0 Å². The average Bonchev–Trinajstić information content (AvgIpc) is 2.63. The predicted octanol–water partition coefficient (Wildman–Crippen LogP) is 2.36. The van der Waals surface area contributed by atoms with E-state index in [-0.39, 0.29) is 5.91 Å². The van der Waals surface area contributed by atoms with Gasteiger partial charge in [-0.05, 0) is 29.7 Å². The van der Waals surface area contributed by atoms with Crippen molar-refractivity contribution in [3.05, 3.63) is 48.3 Å². The van der Waals surface area contributed by atoms with Crippen molar-refractivity contribution in [3.8, 4) is 0 Å². The van der Waals surface area contributed by atoms with Crippen LogP contribution in [0.1, 0.15) is 25.3 Å². The first kappa shape index (κ1) is 17.4. The molecule has 3 rings (SSSR count). The lowest BCUT2D eigenvalue weighted by Gasteiger charge is -2.34. The molecule has 1 saturated heterocycles. The third-order valence-electron chi connectivity index (χ3n) is 4.44. The van der Waals surface area contributed by atoms with Gasteiger partial charge in [0.1, 0.15) is 0 Å². The Hall–Kier alpha value is -2.47. The molecule has 0 radical (unpaired) electrons. The second-order valence-electron chi connectivity index (χ2n) is 6.64. The molecule has 0 unspecified atom stereocenters. The van der Waals surface area contributed by atoms with Gasteiger partial charge in [-0.25, -0.2) is 9.97 Å². The van der Waals surface area contributed by atoms with Gasteiger partial charge in [0, 0.05) is 44.3 Å². The van der Waals surface area contributed by atoms with Crippen LogP contribution in [0.5, 0.6) is 0 Å². The van der Waals surface area contributed by atoms with E-state index in [2.05, 4.69) is 51.1 Å². The highest BCUT2D eigenvalue weighted by Gasteiger charge is 2.20. The van der Waals surface area contributed by atoms with Crippen molar-refractivity contribution in [2.24, 2.45) is 0 Å². The molecule has 1 N–H and O–H groups in total. The summed E-state index contributed by atoms with van der Waals surface area (Å²) in [5, 5.41) is 2.98. The average molecular weight is 339 g/mol. The van der Waals surface area contributed by atoms with Gasteiger partial charge in [-0.3, -0.25) is 9.69 Å². The van der Waals surface area contributed by atoms with E-state index in [1.54, 1.807) is 12.4 Å². The highest BCUT2D eigenvalue weighted by atomic mass is 16.2. The van der Waals surface area contributed by atoms with Crippen LogP contribution in [0.15, 0.2) is 42.7 Å². The minimum Gasteiger partial charge on any atom is -0.338 e. The molecule has 25 heavy (non-hydrogen) atoms. The molecule has 1 amide bonds. The molecule has 132 valence electrons. The summed E-state index contributed by atoms with van der Waals surface area (Å²) in [5.41, 5.74) is 2.13. The van der Waals surface area contributed by atoms with E-state index < -0.39 is 0 Å². The lowest BCUT2D eigenvalue weighted by atomic mass is 10.0. The number of anilines is 2. The molecule has 2 aromatic rings. The number of nitrogens with one attached hydrogen (secondary N) is 1. The molecule has 2 heterocycles. The Morgan fingerprint density at radius 1 is 1.08 bits per heavy atom. The Morgan fingerprint density at radius 2 is 1.72 bits per heavy atom. The Balaban J connectivity index is 1.46. The van der Waals surface area contributed by atoms with Gasteiger partial charge in [0.2, 0.25) is 11.9 Å². The highest BCUT2D eigenvalue weighted by Crippen LogP contribution is 2.17. The smallest absolute Gasteiger partial charge is 0.238 e. The maximum Gasteiger partial charge on any atom is 0.238 e. The molecule has 0 saturated carbocycles. The molecule has 6 heteroatoms. The molecule has 1 aromatic carbocycles. The van der Waals surface area contributed by atoms with Crippen molar-refractivity contribution in [2.45, 2.75) is 19.8 Å². The van der Waals surface area contributed by atoms with Crippen molar-refractivity contribution in [3.63, 3.8) is 0 Å². The third-order valence-corrected chi connectivity index (χ3v) is 4.44. The number of rotatable bonds is 5. The van der Waals surface area contributed by atoms with E-state index in [1.807, 2.05) is 18.2 Å². The van der Waals surface area contributed by atoms with Crippen molar-refractivity contribution in [2.75, 3.05) is 42.9 Å². The summed E-state index contributed by atoms with van der Waals surface area (Å²) in [4.78, 5) is 25.1. The summed E-state index contributed by atoms with van der Waals surface area (Å²) in [6.07, 6.45) is 3.51. The summed E-state index contributed by atoms with van der Waals surface area (Å²) in [6.45, 7) is 8.06. The van der Waals surface area contributed by atoms with Crippen LogP contribution in [-0.2, 0) is 4.79 Å². The van der Waals surface area contributed by atoms with E-state index in [0.717, 1.165) is 37.8 Å². The minimum absolute atomic E-state index is 0.0294. The Morgan fingerprint density at radius 3 is 2.32 bits per heavy atom. The fourth-order valence-corrected chi connectivity index (χ4v) is 2.92. The summed E-state index contributed by atoms with van der Waals surface area (Å²) in [6, 6.07) is 9.89. The first-order valence-corrected chi connectivity index (χ1v) is 8.76. The second-order valence-corrected chi connectivity index (χ2v) is 6.64. The maximum atomic E-state index is 12.3. The lowest BCUT2D eigenvalue weighted by molar-refractivity contribution is -0.117. The number of hydrogen-bond donors (Lipinski definition) is 1. The van der Waals surface area contributed by atoms with Crippen LogP contribution in [-0.4, -0.2) is 53.5 Å². The fourth-order valence-electron chi connectivity index (χ4n) is 2.92. The van der Waals surface area contributed by atoms with Gasteiger partial charge in [0.25, 0.3) is 0 Å². The van der Waals surface area contributed by atoms with Crippen LogP contribution in [0.3, 0.4) is 0 Å². The Kier molecular flexibility index (Phi) is 5.60. The lowest BCUT2D eigenvalue weighted by Crippen LogP contribution is -2.49. The monoisotopic (exact) mass is 339 g/mol. The van der Waals surface area contributed by atoms with Crippen LogP contribution < -0.4 is 10.2 Å². The van der Waals surface area contributed by atoms with E-state index >= 15 is 0 Å². The van der Waals surface area contributed by atoms with Crippen molar-refractivity contribution < 1.29 is 4.79 Å². The predicted molar refractivity (Wildman–Crippen MR) is 99.8 cm³/mol. The summed E-state index contributed by atoms with van der Waals surface area (Å²) in [5.74, 6) is 1.29. The van der Waals surface area contributed by atoms with Crippen molar-refractivity contribution >= 4 is 17.5 Å². The molecule has 0 aliphatic carbocycles. The van der Waals surface area contributed by atoms with E-state index in [1.165, 1.54) is 5.56 Å². The molecular formula is C19H25N5O. The number of aromatic nitrogens is 2. The maximum absolute atomic E-state index is 12.3. The summed E-state index contributed by atoms with van der Waals surface area (Å²) >= 11 is 0. The van der Waals surface area contributed by atoms with Crippen molar-refractivity contribution in [1.82, 2.24) is 14.9 Å². The van der Waals surface area contributed by atoms with Gasteiger partial charge in [0.15, 0.2) is 0 Å². The number of nitrogens with zero attached hydrogens (tertiary/aromatic N) is 4. The summed E-state index contributed by atoms with van der Waals surface area (Å²) in [7, 11) is 0. The van der Waals surface area contributed by atoms with Gasteiger partial charge < -0.3 is 10.2 Å². The molecule has 1 aliphatic rings. The van der Waals surface area contributed by atoms with Crippen LogP contribution in [0.4, 0.5) is 11.6 Å². The molecule has 6 nitrogen and oxygen atoms in total. The summed E-state index contributed by atoms with van der Waals surface area (Å²) < 4.78 is 0. The zero-order valence-corrected chi connectivity index (χ0v) is 14.9. The normalized spacial score (nSPS) is 15.4. The number of hydrogen-bond acceptors (Lipinski definition) is 5. The number of piperazine rings is 1. The first-order chi connectivity index (χ1) is 12.1. The largest absolute Gasteiger partial charge is 0.338 e. The van der Waals surface area contributed by atoms with E-state index in [4.69, 9.17) is 0 Å². The highest BCUT2D eigenvalue weighted by molar-refractivity contribution is 5.92. The standard InChI is InChI=1S/C19H25N5O/c1-15(2)16-4-6-17(7-5-16)22-18(25)14-23-10-12-24(13-11-23)19-20-8-3-9-21-19/h3-9,15H,10-14H2,1-2H3,(H,22,25). The number of amides is 1. The first-order valence-electron chi connectivity index (χ1n) is 8.76. The van der Waals surface area contributed by atoms with Gasteiger partial charge in [-0.2, -0.15) is 0 Å². The van der Waals surface area contributed by atoms with Crippen LogP contribution >= 0.6 is 0 Å². The Bertz CT molecular complexity index is 679. The molecule has 1 aromatic heterocycles. The SMILES string of the molecule is CC(C)c1ccc(NC(=O)CN2CCN(c3ncccn3)CC2)cc1. The van der Waals surface area contributed by atoms with Gasteiger partial charge in [0.05, 0.1) is 6.54 Å². The number of carbonyl (C=O) groups excluding carboxylic acids is 1. The van der Waals surface area contributed by atoms with Gasteiger partial charge in [-0.15, -0.1) is 0 Å². The van der Waals surface area contributed by atoms with Crippen LogP contribution in [0.2, 0.25) is 0 Å². The van der Waals surface area contributed by atoms with Gasteiger partial charge in [-0.1, -0.05) is 26.0 Å². The van der Waals surface area contributed by atoms with E-state index in [0.29, 0.717) is 12.5 Å². The number of carbonyl (C=O) groups is 1. The molecule has 1 fully saturated rings. The molecule has 0 spiro atoms. The minimum atomic E-state index is 0.0294. The zero-order chi connectivity index (χ0) is 17.6. The zero-order valence-electron chi connectivity index (χ0n) is 14.9. The molecular weight excluding hydrogens is 314 g/mol. The molecule has 0 atom stereocenters. The van der Waals surface area contributed by atoms with E-state index in [9.17, 15) is 4.79 Å². The van der Waals surface area contributed by atoms with Crippen LogP contribution in [0.25, 0.3) is 0 Å². The van der Waals surface area contributed by atoms with Gasteiger partial charge >= 0.3 is 0 Å². The second kappa shape index (κ2) is 8.07. The molecule has 0 bridgehead atoms. The fraction of sp³-hybridized carbons (Fsp3) is 0.421. The number of benzene rings is 1. The third kappa shape index (κ3) is 4.76. The van der Waals surface area contributed by atoms with Crippen LogP contribution in [0, 0.1) is 0 Å². The Labute approximate surface area is 148 Å².